The monoisotopic (exact) mass is 403 g/mol. The molecular formula is C20H19Cl2N3O2. The van der Waals surface area contributed by atoms with Gasteiger partial charge in [0.15, 0.2) is 0 Å². The summed E-state index contributed by atoms with van der Waals surface area (Å²) in [7, 11) is 1.87. The summed E-state index contributed by atoms with van der Waals surface area (Å²) in [5.41, 5.74) is 3.45. The molecule has 140 valence electrons. The summed E-state index contributed by atoms with van der Waals surface area (Å²) in [5, 5.41) is 8.09. The van der Waals surface area contributed by atoms with Crippen molar-refractivity contribution in [2.24, 2.45) is 7.05 Å². The predicted octanol–water partition coefficient (Wildman–Crippen LogP) is 4.54. The van der Waals surface area contributed by atoms with Gasteiger partial charge in [0.2, 0.25) is 0 Å². The number of amides is 1. The van der Waals surface area contributed by atoms with Gasteiger partial charge in [0.25, 0.3) is 5.91 Å². The van der Waals surface area contributed by atoms with E-state index in [0.717, 1.165) is 16.8 Å². The van der Waals surface area contributed by atoms with Gasteiger partial charge in [0.1, 0.15) is 12.4 Å². The molecule has 1 N–H and O–H groups in total. The highest BCUT2D eigenvalue weighted by Gasteiger charge is 2.10. The number of aromatic nitrogens is 2. The fraction of sp³-hybridized carbons (Fsp3) is 0.200. The Bertz CT molecular complexity index is 970. The number of aryl methyl sites for hydroxylation is 1. The molecule has 0 aliphatic heterocycles. The molecule has 0 saturated heterocycles. The first-order chi connectivity index (χ1) is 12.9. The van der Waals surface area contributed by atoms with E-state index in [0.29, 0.717) is 34.5 Å². The summed E-state index contributed by atoms with van der Waals surface area (Å²) in [6.45, 7) is 2.69. The molecule has 0 fully saturated rings. The molecule has 0 saturated carbocycles. The van der Waals surface area contributed by atoms with E-state index in [1.807, 2.05) is 26.1 Å². The number of carbonyl (C=O) groups is 1. The Morgan fingerprint density at radius 3 is 2.74 bits per heavy atom. The molecule has 3 rings (SSSR count). The Morgan fingerprint density at radius 2 is 2.04 bits per heavy atom. The molecule has 0 atom stereocenters. The van der Waals surface area contributed by atoms with Crippen molar-refractivity contribution in [2.75, 3.05) is 0 Å². The van der Waals surface area contributed by atoms with Crippen LogP contribution < -0.4 is 10.1 Å². The average Bonchev–Trinajstić information content (AvgIpc) is 2.97. The highest BCUT2D eigenvalue weighted by atomic mass is 35.5. The van der Waals surface area contributed by atoms with E-state index < -0.39 is 0 Å². The summed E-state index contributed by atoms with van der Waals surface area (Å²) in [5.74, 6) is 0.396. The zero-order valence-electron chi connectivity index (χ0n) is 15.0. The Kier molecular flexibility index (Phi) is 6.04. The molecule has 1 amide bonds. The van der Waals surface area contributed by atoms with Crippen molar-refractivity contribution in [3.05, 3.63) is 81.1 Å². The third kappa shape index (κ3) is 4.81. The summed E-state index contributed by atoms with van der Waals surface area (Å²) in [6.07, 6.45) is 1.76. The molecule has 0 unspecified atom stereocenters. The van der Waals surface area contributed by atoms with Gasteiger partial charge in [-0.2, -0.15) is 5.10 Å². The Hall–Kier alpha value is -2.50. The molecule has 1 heterocycles. The summed E-state index contributed by atoms with van der Waals surface area (Å²) in [6, 6.07) is 12.4. The van der Waals surface area contributed by atoms with E-state index in [-0.39, 0.29) is 5.91 Å². The SMILES string of the molecule is Cc1c(CNC(=O)c2cccc(COc3ccc(Cl)cc3Cl)c2)cnn1C. The molecule has 7 heteroatoms. The van der Waals surface area contributed by atoms with Gasteiger partial charge >= 0.3 is 0 Å². The number of halogens is 2. The maximum atomic E-state index is 12.4. The van der Waals surface area contributed by atoms with Crippen LogP contribution in [0, 0.1) is 6.92 Å². The first-order valence-corrected chi connectivity index (χ1v) is 9.12. The fourth-order valence-electron chi connectivity index (χ4n) is 2.55. The molecular weight excluding hydrogens is 385 g/mol. The maximum absolute atomic E-state index is 12.4. The number of nitrogens with zero attached hydrogens (tertiary/aromatic N) is 2. The molecule has 2 aromatic carbocycles. The smallest absolute Gasteiger partial charge is 0.251 e. The molecule has 0 radical (unpaired) electrons. The van der Waals surface area contributed by atoms with Crippen LogP contribution in [0.15, 0.2) is 48.7 Å². The van der Waals surface area contributed by atoms with Crippen molar-refractivity contribution < 1.29 is 9.53 Å². The van der Waals surface area contributed by atoms with Crippen LogP contribution in [0.5, 0.6) is 5.75 Å². The van der Waals surface area contributed by atoms with Gasteiger partial charge < -0.3 is 10.1 Å². The predicted molar refractivity (Wildman–Crippen MR) is 106 cm³/mol. The first-order valence-electron chi connectivity index (χ1n) is 8.36. The number of rotatable bonds is 6. The van der Waals surface area contributed by atoms with Crippen molar-refractivity contribution in [1.29, 1.82) is 0 Å². The highest BCUT2D eigenvalue weighted by molar-refractivity contribution is 6.35. The van der Waals surface area contributed by atoms with Crippen LogP contribution >= 0.6 is 23.2 Å². The lowest BCUT2D eigenvalue weighted by molar-refractivity contribution is 0.0950. The van der Waals surface area contributed by atoms with Gasteiger partial charge in [-0.25, -0.2) is 0 Å². The van der Waals surface area contributed by atoms with Crippen LogP contribution in [0.2, 0.25) is 10.0 Å². The van der Waals surface area contributed by atoms with E-state index in [9.17, 15) is 4.79 Å². The van der Waals surface area contributed by atoms with Crippen LogP contribution in [0.4, 0.5) is 0 Å². The van der Waals surface area contributed by atoms with Crippen LogP contribution in [-0.2, 0) is 20.2 Å². The summed E-state index contributed by atoms with van der Waals surface area (Å²) >= 11 is 12.0. The van der Waals surface area contributed by atoms with Gasteiger partial charge in [0, 0.05) is 35.4 Å². The zero-order chi connectivity index (χ0) is 19.4. The fourth-order valence-corrected chi connectivity index (χ4v) is 3.01. The Morgan fingerprint density at radius 1 is 1.22 bits per heavy atom. The number of hydrogen-bond donors (Lipinski definition) is 1. The Labute approximate surface area is 167 Å². The first kappa shape index (κ1) is 19.3. The quantitative estimate of drug-likeness (QED) is 0.656. The van der Waals surface area contributed by atoms with Gasteiger partial charge in [0.05, 0.1) is 11.2 Å². The molecule has 0 spiro atoms. The summed E-state index contributed by atoms with van der Waals surface area (Å²) < 4.78 is 7.51. The van der Waals surface area contributed by atoms with Gasteiger partial charge in [-0.15, -0.1) is 0 Å². The largest absolute Gasteiger partial charge is 0.487 e. The molecule has 0 aliphatic carbocycles. The minimum Gasteiger partial charge on any atom is -0.487 e. The molecule has 0 bridgehead atoms. The third-order valence-electron chi connectivity index (χ3n) is 4.25. The summed E-state index contributed by atoms with van der Waals surface area (Å²) in [4.78, 5) is 12.4. The lowest BCUT2D eigenvalue weighted by Gasteiger charge is -2.10. The van der Waals surface area contributed by atoms with Gasteiger partial charge in [-0.3, -0.25) is 9.48 Å². The van der Waals surface area contributed by atoms with E-state index in [4.69, 9.17) is 27.9 Å². The third-order valence-corrected chi connectivity index (χ3v) is 4.78. The highest BCUT2D eigenvalue weighted by Crippen LogP contribution is 2.28. The second-order valence-corrected chi connectivity index (χ2v) is 6.97. The van der Waals surface area contributed by atoms with Crippen LogP contribution in [0.3, 0.4) is 0 Å². The minimum absolute atomic E-state index is 0.148. The number of carbonyl (C=O) groups excluding carboxylic acids is 1. The molecule has 1 aromatic heterocycles. The van der Waals surface area contributed by atoms with Crippen molar-refractivity contribution in [3.8, 4) is 5.75 Å². The molecule has 27 heavy (non-hydrogen) atoms. The van der Waals surface area contributed by atoms with Gasteiger partial charge in [-0.1, -0.05) is 35.3 Å². The van der Waals surface area contributed by atoms with Gasteiger partial charge in [-0.05, 0) is 42.8 Å². The number of nitrogens with one attached hydrogen (secondary N) is 1. The second kappa shape index (κ2) is 8.46. The average molecular weight is 404 g/mol. The van der Waals surface area contributed by atoms with E-state index in [2.05, 4.69) is 10.4 Å². The molecule has 3 aromatic rings. The maximum Gasteiger partial charge on any atom is 0.251 e. The lowest BCUT2D eigenvalue weighted by Crippen LogP contribution is -2.23. The topological polar surface area (TPSA) is 56.1 Å². The lowest BCUT2D eigenvalue weighted by atomic mass is 10.1. The van der Waals surface area contributed by atoms with Crippen molar-refractivity contribution >= 4 is 29.1 Å². The van der Waals surface area contributed by atoms with E-state index >= 15 is 0 Å². The number of benzene rings is 2. The van der Waals surface area contributed by atoms with Crippen molar-refractivity contribution in [2.45, 2.75) is 20.1 Å². The zero-order valence-corrected chi connectivity index (χ0v) is 16.5. The van der Waals surface area contributed by atoms with Crippen LogP contribution in [0.25, 0.3) is 0 Å². The molecule has 5 nitrogen and oxygen atoms in total. The Balaban J connectivity index is 1.62. The number of ether oxygens (including phenoxy) is 1. The van der Waals surface area contributed by atoms with Crippen molar-refractivity contribution in [3.63, 3.8) is 0 Å². The minimum atomic E-state index is -0.148. The van der Waals surface area contributed by atoms with Crippen LogP contribution in [0.1, 0.15) is 27.2 Å². The van der Waals surface area contributed by atoms with E-state index in [1.165, 1.54) is 0 Å². The standard InChI is InChI=1S/C20H19Cl2N3O2/c1-13-16(11-24-25(13)2)10-23-20(26)15-5-3-4-14(8-15)12-27-19-7-6-17(21)9-18(19)22/h3-9,11H,10,12H2,1-2H3,(H,23,26). The van der Waals surface area contributed by atoms with E-state index in [1.54, 1.807) is 41.2 Å². The van der Waals surface area contributed by atoms with Crippen molar-refractivity contribution in [1.82, 2.24) is 15.1 Å². The molecule has 0 aliphatic rings. The normalized spacial score (nSPS) is 10.7. The number of hydrogen-bond acceptors (Lipinski definition) is 3. The second-order valence-electron chi connectivity index (χ2n) is 6.13. The van der Waals surface area contributed by atoms with Crippen LogP contribution in [-0.4, -0.2) is 15.7 Å².